The summed E-state index contributed by atoms with van der Waals surface area (Å²) in [6.45, 7) is 1.85. The monoisotopic (exact) mass is 183 g/mol. The van der Waals surface area contributed by atoms with E-state index >= 15 is 0 Å². The van der Waals surface area contributed by atoms with Crippen molar-refractivity contribution in [3.63, 3.8) is 0 Å². The van der Waals surface area contributed by atoms with Crippen LogP contribution in [-0.2, 0) is 13.5 Å². The molecule has 1 aliphatic heterocycles. The van der Waals surface area contributed by atoms with Gasteiger partial charge in [-0.05, 0) is 5.21 Å². The molecule has 6 heteroatoms. The lowest BCUT2D eigenvalue weighted by Gasteiger charge is -2.40. The minimum atomic E-state index is -0.0525. The number of tetrazole rings is 1. The molecule has 2 heterocycles. The number of nitrogens with one attached hydrogen (secondary N) is 1. The molecule has 0 unspecified atom stereocenters. The molecule has 1 aromatic heterocycles. The average Bonchev–Trinajstić information content (AvgIpc) is 2.44. The quantitative estimate of drug-likeness (QED) is 0.586. The first kappa shape index (κ1) is 8.58. The Morgan fingerprint density at radius 1 is 1.62 bits per heavy atom. The van der Waals surface area contributed by atoms with E-state index in [-0.39, 0.29) is 12.0 Å². The molecule has 0 atom stereocenters. The lowest BCUT2D eigenvalue weighted by atomic mass is 9.79. The van der Waals surface area contributed by atoms with E-state index in [4.69, 9.17) is 0 Å². The van der Waals surface area contributed by atoms with Gasteiger partial charge >= 0.3 is 0 Å². The number of hydrogen-bond donors (Lipinski definition) is 2. The van der Waals surface area contributed by atoms with Crippen LogP contribution in [0.3, 0.4) is 0 Å². The molecule has 1 fully saturated rings. The van der Waals surface area contributed by atoms with Crippen LogP contribution in [0.2, 0.25) is 0 Å². The van der Waals surface area contributed by atoms with Gasteiger partial charge in [0.15, 0.2) is 5.82 Å². The van der Waals surface area contributed by atoms with Crippen LogP contribution in [0.5, 0.6) is 0 Å². The fourth-order valence-electron chi connectivity index (χ4n) is 1.50. The Bertz CT molecular complexity index is 287. The van der Waals surface area contributed by atoms with Crippen LogP contribution in [0, 0.1) is 5.41 Å². The molecule has 1 aromatic rings. The molecular weight excluding hydrogens is 170 g/mol. The van der Waals surface area contributed by atoms with Crippen LogP contribution < -0.4 is 5.32 Å². The summed E-state index contributed by atoms with van der Waals surface area (Å²) >= 11 is 0. The van der Waals surface area contributed by atoms with Crippen molar-refractivity contribution in [2.45, 2.75) is 6.42 Å². The molecule has 2 rings (SSSR count). The first-order valence-electron chi connectivity index (χ1n) is 4.29. The molecule has 1 saturated heterocycles. The van der Waals surface area contributed by atoms with Crippen molar-refractivity contribution in [1.29, 1.82) is 0 Å². The van der Waals surface area contributed by atoms with Gasteiger partial charge in [-0.25, -0.2) is 0 Å². The Balaban J connectivity index is 2.04. The molecular formula is C7H13N5O. The van der Waals surface area contributed by atoms with Gasteiger partial charge in [0.2, 0.25) is 0 Å². The molecule has 0 radical (unpaired) electrons. The molecule has 0 aromatic carbocycles. The summed E-state index contributed by atoms with van der Waals surface area (Å²) in [5.41, 5.74) is -0.0525. The van der Waals surface area contributed by atoms with Crippen LogP contribution in [0.1, 0.15) is 5.82 Å². The molecule has 72 valence electrons. The minimum Gasteiger partial charge on any atom is -0.396 e. The van der Waals surface area contributed by atoms with Gasteiger partial charge in [-0.2, -0.15) is 4.80 Å². The summed E-state index contributed by atoms with van der Waals surface area (Å²) in [6, 6.07) is 0. The molecule has 2 N–H and O–H groups in total. The molecule has 1 aliphatic rings. The SMILES string of the molecule is Cn1nnc(CC2(CO)CNC2)n1. The number of aryl methyl sites for hydroxylation is 1. The fourth-order valence-corrected chi connectivity index (χ4v) is 1.50. The summed E-state index contributed by atoms with van der Waals surface area (Å²) in [6.07, 6.45) is 0.699. The number of rotatable bonds is 3. The molecule has 0 bridgehead atoms. The Morgan fingerprint density at radius 3 is 2.77 bits per heavy atom. The van der Waals surface area contributed by atoms with E-state index in [2.05, 4.69) is 20.7 Å². The first-order chi connectivity index (χ1) is 6.24. The maximum atomic E-state index is 9.18. The predicted octanol–water partition coefficient (Wildman–Crippen LogP) is -1.67. The second-order valence-electron chi connectivity index (χ2n) is 3.63. The van der Waals surface area contributed by atoms with Crippen molar-refractivity contribution in [3.8, 4) is 0 Å². The zero-order valence-corrected chi connectivity index (χ0v) is 7.56. The zero-order chi connectivity index (χ0) is 9.31. The van der Waals surface area contributed by atoms with Crippen LogP contribution in [0.15, 0.2) is 0 Å². The second-order valence-corrected chi connectivity index (χ2v) is 3.63. The van der Waals surface area contributed by atoms with Crippen molar-refractivity contribution in [1.82, 2.24) is 25.5 Å². The number of nitrogens with zero attached hydrogens (tertiary/aromatic N) is 4. The van der Waals surface area contributed by atoms with Gasteiger partial charge in [-0.15, -0.1) is 10.2 Å². The molecule has 0 saturated carbocycles. The van der Waals surface area contributed by atoms with Gasteiger partial charge in [-0.3, -0.25) is 0 Å². The number of aromatic nitrogens is 4. The van der Waals surface area contributed by atoms with Gasteiger partial charge in [-0.1, -0.05) is 0 Å². The molecule has 6 nitrogen and oxygen atoms in total. The molecule has 0 amide bonds. The second kappa shape index (κ2) is 3.04. The Hall–Kier alpha value is -1.01. The smallest absolute Gasteiger partial charge is 0.175 e. The highest BCUT2D eigenvalue weighted by Crippen LogP contribution is 2.25. The van der Waals surface area contributed by atoms with E-state index in [0.717, 1.165) is 13.1 Å². The third-order valence-corrected chi connectivity index (χ3v) is 2.42. The minimum absolute atomic E-state index is 0.0525. The third-order valence-electron chi connectivity index (χ3n) is 2.42. The van der Waals surface area contributed by atoms with Crippen LogP contribution >= 0.6 is 0 Å². The summed E-state index contributed by atoms with van der Waals surface area (Å²) in [5, 5.41) is 24.0. The van der Waals surface area contributed by atoms with E-state index in [1.54, 1.807) is 7.05 Å². The first-order valence-corrected chi connectivity index (χ1v) is 4.29. The average molecular weight is 183 g/mol. The number of aliphatic hydroxyl groups is 1. The van der Waals surface area contributed by atoms with E-state index in [1.807, 2.05) is 0 Å². The van der Waals surface area contributed by atoms with E-state index in [9.17, 15) is 5.11 Å². The maximum absolute atomic E-state index is 9.18. The number of aliphatic hydroxyl groups excluding tert-OH is 1. The highest BCUT2D eigenvalue weighted by molar-refractivity contribution is 4.98. The normalized spacial score (nSPS) is 19.8. The van der Waals surface area contributed by atoms with Crippen LogP contribution in [0.25, 0.3) is 0 Å². The van der Waals surface area contributed by atoms with E-state index in [1.165, 1.54) is 4.80 Å². The molecule has 0 aliphatic carbocycles. The van der Waals surface area contributed by atoms with Crippen LogP contribution in [-0.4, -0.2) is 45.0 Å². The van der Waals surface area contributed by atoms with Gasteiger partial charge < -0.3 is 10.4 Å². The van der Waals surface area contributed by atoms with Crippen LogP contribution in [0.4, 0.5) is 0 Å². The van der Waals surface area contributed by atoms with Crippen molar-refractivity contribution < 1.29 is 5.11 Å². The van der Waals surface area contributed by atoms with E-state index in [0.29, 0.717) is 12.2 Å². The molecule has 13 heavy (non-hydrogen) atoms. The highest BCUT2D eigenvalue weighted by atomic mass is 16.3. The Kier molecular flexibility index (Phi) is 2.01. The lowest BCUT2D eigenvalue weighted by Crippen LogP contribution is -2.57. The zero-order valence-electron chi connectivity index (χ0n) is 7.56. The largest absolute Gasteiger partial charge is 0.396 e. The summed E-state index contributed by atoms with van der Waals surface area (Å²) in [4.78, 5) is 1.44. The van der Waals surface area contributed by atoms with Crippen molar-refractivity contribution >= 4 is 0 Å². The number of hydrogen-bond acceptors (Lipinski definition) is 5. The lowest BCUT2D eigenvalue weighted by molar-refractivity contribution is 0.0667. The Labute approximate surface area is 75.9 Å². The third kappa shape index (κ3) is 1.54. The van der Waals surface area contributed by atoms with Gasteiger partial charge in [0.1, 0.15) is 0 Å². The van der Waals surface area contributed by atoms with Crippen molar-refractivity contribution in [3.05, 3.63) is 5.82 Å². The highest BCUT2D eigenvalue weighted by Gasteiger charge is 2.37. The topological polar surface area (TPSA) is 75.9 Å². The summed E-state index contributed by atoms with van der Waals surface area (Å²) < 4.78 is 0. The summed E-state index contributed by atoms with van der Waals surface area (Å²) in [7, 11) is 1.74. The van der Waals surface area contributed by atoms with Gasteiger partial charge in [0.25, 0.3) is 0 Å². The standard InChI is InChI=1S/C7H13N5O/c1-12-10-6(9-11-12)2-7(5-13)3-8-4-7/h8,13H,2-5H2,1H3. The van der Waals surface area contributed by atoms with Gasteiger partial charge in [0.05, 0.1) is 13.7 Å². The summed E-state index contributed by atoms with van der Waals surface area (Å²) in [5.74, 6) is 0.707. The fraction of sp³-hybridized carbons (Fsp3) is 0.857. The molecule has 0 spiro atoms. The van der Waals surface area contributed by atoms with Gasteiger partial charge in [0, 0.05) is 24.9 Å². The maximum Gasteiger partial charge on any atom is 0.175 e. The van der Waals surface area contributed by atoms with Crippen molar-refractivity contribution in [2.24, 2.45) is 12.5 Å². The predicted molar refractivity (Wildman–Crippen MR) is 44.9 cm³/mol. The van der Waals surface area contributed by atoms with Crippen molar-refractivity contribution in [2.75, 3.05) is 19.7 Å². The Morgan fingerprint density at radius 2 is 2.38 bits per heavy atom. The van der Waals surface area contributed by atoms with E-state index < -0.39 is 0 Å².